The van der Waals surface area contributed by atoms with Crippen molar-refractivity contribution >= 4 is 0 Å². The van der Waals surface area contributed by atoms with Gasteiger partial charge in [0.25, 0.3) is 0 Å². The molecular weight excluding hydrogens is 243 g/mol. The fourth-order valence-electron chi connectivity index (χ4n) is 2.01. The molecule has 2 heterocycles. The Labute approximate surface area is 104 Å². The molecule has 2 rings (SSSR count). The number of halogens is 3. The Morgan fingerprint density at radius 3 is 2.44 bits per heavy atom. The number of hydrogen-bond donors (Lipinski definition) is 0. The van der Waals surface area contributed by atoms with E-state index in [-0.39, 0.29) is 5.54 Å². The Morgan fingerprint density at radius 1 is 1.22 bits per heavy atom. The van der Waals surface area contributed by atoms with Crippen LogP contribution in [0.4, 0.5) is 13.2 Å². The Morgan fingerprint density at radius 2 is 1.89 bits per heavy atom. The lowest BCUT2D eigenvalue weighted by Crippen LogP contribution is -2.44. The predicted molar refractivity (Wildman–Crippen MR) is 60.9 cm³/mol. The summed E-state index contributed by atoms with van der Waals surface area (Å²) < 4.78 is 37.7. The van der Waals surface area contributed by atoms with Crippen LogP contribution in [0.1, 0.15) is 37.9 Å². The molecule has 0 amide bonds. The smallest absolute Gasteiger partial charge is 0.292 e. The maximum absolute atomic E-state index is 12.6. The first kappa shape index (κ1) is 13.3. The molecule has 0 atom stereocenters. The summed E-state index contributed by atoms with van der Waals surface area (Å²) in [4.78, 5) is 9.19. The number of aromatic nitrogens is 2. The van der Waals surface area contributed by atoms with Crippen molar-refractivity contribution in [3.63, 3.8) is 0 Å². The van der Waals surface area contributed by atoms with Crippen LogP contribution < -0.4 is 0 Å². The van der Waals surface area contributed by atoms with Gasteiger partial charge in [-0.25, -0.2) is 9.97 Å². The predicted octanol–water partition coefficient (Wildman–Crippen LogP) is 2.65. The minimum Gasteiger partial charge on any atom is -0.292 e. The van der Waals surface area contributed by atoms with Crippen molar-refractivity contribution in [2.24, 2.45) is 0 Å². The normalized spacial score (nSPS) is 17.7. The Bertz CT molecular complexity index is 449. The zero-order chi connectivity index (χ0) is 13.6. The van der Waals surface area contributed by atoms with Gasteiger partial charge >= 0.3 is 6.18 Å². The number of fused-ring (bicyclic) bond motifs is 1. The van der Waals surface area contributed by atoms with E-state index in [4.69, 9.17) is 0 Å². The van der Waals surface area contributed by atoms with Gasteiger partial charge in [0, 0.05) is 24.8 Å². The number of nitrogens with zero attached hydrogens (tertiary/aromatic N) is 3. The molecule has 0 N–H and O–H groups in total. The maximum atomic E-state index is 12.6. The average Bonchev–Trinajstić information content (AvgIpc) is 2.25. The first-order valence-corrected chi connectivity index (χ1v) is 5.85. The van der Waals surface area contributed by atoms with E-state index in [1.165, 1.54) is 6.20 Å². The van der Waals surface area contributed by atoms with Crippen LogP contribution in [0.2, 0.25) is 0 Å². The molecule has 0 unspecified atom stereocenters. The zero-order valence-electron chi connectivity index (χ0n) is 10.7. The van der Waals surface area contributed by atoms with Gasteiger partial charge in [0.2, 0.25) is 5.82 Å². The van der Waals surface area contributed by atoms with Gasteiger partial charge in [0.15, 0.2) is 0 Å². The molecule has 1 aliphatic rings. The Kier molecular flexibility index (Phi) is 3.09. The van der Waals surface area contributed by atoms with E-state index in [0.717, 1.165) is 12.1 Å². The second-order valence-electron chi connectivity index (χ2n) is 5.51. The van der Waals surface area contributed by atoms with Crippen molar-refractivity contribution in [1.29, 1.82) is 0 Å². The van der Waals surface area contributed by atoms with Crippen LogP contribution in [0, 0.1) is 0 Å². The lowest BCUT2D eigenvalue weighted by atomic mass is 9.99. The molecule has 1 aromatic rings. The first-order chi connectivity index (χ1) is 8.18. The van der Waals surface area contributed by atoms with Gasteiger partial charge in [-0.05, 0) is 32.8 Å². The van der Waals surface area contributed by atoms with Gasteiger partial charge in [-0.1, -0.05) is 0 Å². The van der Waals surface area contributed by atoms with E-state index < -0.39 is 12.0 Å². The topological polar surface area (TPSA) is 29.0 Å². The van der Waals surface area contributed by atoms with Crippen LogP contribution >= 0.6 is 0 Å². The molecule has 0 spiro atoms. The lowest BCUT2D eigenvalue weighted by Gasteiger charge is -2.38. The number of rotatable bonds is 0. The summed E-state index contributed by atoms with van der Waals surface area (Å²) in [5, 5.41) is 0. The molecule has 18 heavy (non-hydrogen) atoms. The molecule has 0 fully saturated rings. The summed E-state index contributed by atoms with van der Waals surface area (Å²) in [5.41, 5.74) is 1.25. The van der Waals surface area contributed by atoms with Gasteiger partial charge in [-0.2, -0.15) is 13.2 Å². The van der Waals surface area contributed by atoms with Gasteiger partial charge < -0.3 is 0 Å². The molecule has 3 nitrogen and oxygen atoms in total. The second kappa shape index (κ2) is 4.19. The van der Waals surface area contributed by atoms with Crippen molar-refractivity contribution in [2.75, 3.05) is 6.54 Å². The third-order valence-corrected chi connectivity index (χ3v) is 3.15. The molecule has 1 aliphatic heterocycles. The highest BCUT2D eigenvalue weighted by Crippen LogP contribution is 2.29. The van der Waals surface area contributed by atoms with Crippen molar-refractivity contribution in [1.82, 2.24) is 14.9 Å². The highest BCUT2D eigenvalue weighted by atomic mass is 19.4. The Balaban J connectivity index is 2.31. The average molecular weight is 259 g/mol. The SMILES string of the molecule is CC(C)(C)N1CCc2cnc(C(F)(F)F)nc2C1. The molecule has 0 radical (unpaired) electrons. The molecule has 0 saturated heterocycles. The van der Waals surface area contributed by atoms with Gasteiger partial charge in [-0.15, -0.1) is 0 Å². The van der Waals surface area contributed by atoms with Crippen LogP contribution in [-0.2, 0) is 19.1 Å². The number of alkyl halides is 3. The van der Waals surface area contributed by atoms with E-state index in [2.05, 4.69) is 14.9 Å². The van der Waals surface area contributed by atoms with Crippen molar-refractivity contribution in [2.45, 2.75) is 45.5 Å². The quantitative estimate of drug-likeness (QED) is 0.717. The molecule has 6 heteroatoms. The summed E-state index contributed by atoms with van der Waals surface area (Å²) in [5.74, 6) is -1.04. The van der Waals surface area contributed by atoms with Crippen LogP contribution in [-0.4, -0.2) is 27.0 Å². The summed E-state index contributed by atoms with van der Waals surface area (Å²) >= 11 is 0. The molecule has 1 aromatic heterocycles. The highest BCUT2D eigenvalue weighted by molar-refractivity contribution is 5.21. The largest absolute Gasteiger partial charge is 0.451 e. The monoisotopic (exact) mass is 259 g/mol. The summed E-state index contributed by atoms with van der Waals surface area (Å²) in [7, 11) is 0. The standard InChI is InChI=1S/C12H16F3N3/c1-11(2,3)18-5-4-8-6-16-10(12(13,14)15)17-9(8)7-18/h6H,4-5,7H2,1-3H3. The van der Waals surface area contributed by atoms with Crippen LogP contribution in [0.5, 0.6) is 0 Å². The lowest BCUT2D eigenvalue weighted by molar-refractivity contribution is -0.145. The first-order valence-electron chi connectivity index (χ1n) is 5.85. The minimum absolute atomic E-state index is 0.0684. The van der Waals surface area contributed by atoms with E-state index >= 15 is 0 Å². The van der Waals surface area contributed by atoms with Gasteiger partial charge in [-0.3, -0.25) is 4.90 Å². The molecule has 0 aliphatic carbocycles. The summed E-state index contributed by atoms with van der Waals surface area (Å²) in [6.45, 7) is 7.41. The van der Waals surface area contributed by atoms with Crippen LogP contribution in [0.25, 0.3) is 0 Å². The second-order valence-corrected chi connectivity index (χ2v) is 5.51. The van der Waals surface area contributed by atoms with E-state index in [9.17, 15) is 13.2 Å². The van der Waals surface area contributed by atoms with Crippen LogP contribution in [0.3, 0.4) is 0 Å². The molecule has 0 saturated carbocycles. The molecule has 0 bridgehead atoms. The molecule has 0 aromatic carbocycles. The summed E-state index contributed by atoms with van der Waals surface area (Å²) in [6.07, 6.45) is -2.46. The van der Waals surface area contributed by atoms with E-state index in [0.29, 0.717) is 18.7 Å². The van der Waals surface area contributed by atoms with Crippen LogP contribution in [0.15, 0.2) is 6.20 Å². The fourth-order valence-corrected chi connectivity index (χ4v) is 2.01. The van der Waals surface area contributed by atoms with Gasteiger partial charge in [0.1, 0.15) is 0 Å². The zero-order valence-corrected chi connectivity index (χ0v) is 10.7. The van der Waals surface area contributed by atoms with E-state index in [1.807, 2.05) is 20.8 Å². The maximum Gasteiger partial charge on any atom is 0.451 e. The van der Waals surface area contributed by atoms with Gasteiger partial charge in [0.05, 0.1) is 5.69 Å². The molecular formula is C12H16F3N3. The van der Waals surface area contributed by atoms with Crippen molar-refractivity contribution < 1.29 is 13.2 Å². The van der Waals surface area contributed by atoms with Crippen molar-refractivity contribution in [3.05, 3.63) is 23.3 Å². The minimum atomic E-state index is -4.47. The third-order valence-electron chi connectivity index (χ3n) is 3.15. The molecule has 100 valence electrons. The highest BCUT2D eigenvalue weighted by Gasteiger charge is 2.36. The number of hydrogen-bond acceptors (Lipinski definition) is 3. The van der Waals surface area contributed by atoms with E-state index in [1.54, 1.807) is 0 Å². The van der Waals surface area contributed by atoms with Crippen molar-refractivity contribution in [3.8, 4) is 0 Å². The third kappa shape index (κ3) is 2.63. The summed E-state index contributed by atoms with van der Waals surface area (Å²) in [6, 6.07) is 0. The Hall–Kier alpha value is -1.17. The fraction of sp³-hybridized carbons (Fsp3) is 0.667.